The van der Waals surface area contributed by atoms with E-state index in [9.17, 15) is 5.11 Å². The lowest BCUT2D eigenvalue weighted by Crippen LogP contribution is -2.34. The Morgan fingerprint density at radius 2 is 2.05 bits per heavy atom. The Kier molecular flexibility index (Phi) is 5.83. The van der Waals surface area contributed by atoms with Gasteiger partial charge in [-0.25, -0.2) is 0 Å². The molecule has 1 aromatic rings. The van der Waals surface area contributed by atoms with Gasteiger partial charge in [-0.15, -0.1) is 0 Å². The fourth-order valence-corrected chi connectivity index (χ4v) is 2.61. The van der Waals surface area contributed by atoms with Gasteiger partial charge in [0.25, 0.3) is 0 Å². The predicted octanol–water partition coefficient (Wildman–Crippen LogP) is 2.51. The first-order chi connectivity index (χ1) is 9.29. The molecule has 0 aromatic heterocycles. The summed E-state index contributed by atoms with van der Waals surface area (Å²) in [6, 6.07) is 10.9. The third-order valence-electron chi connectivity index (χ3n) is 3.95. The van der Waals surface area contributed by atoms with Gasteiger partial charge in [-0.05, 0) is 17.9 Å². The largest absolute Gasteiger partial charge is 0.389 e. The normalized spacial score (nSPS) is 18.8. The fraction of sp³-hybridized carbons (Fsp3) is 0.625. The van der Waals surface area contributed by atoms with Crippen molar-refractivity contribution in [2.24, 2.45) is 5.92 Å². The Bertz CT molecular complexity index is 351. The standard InChI is InChI=1S/C16H25NO2/c1-19-12-15(18)11-17-16(10-13-6-5-7-13)14-8-3-2-4-9-14/h2-4,8-9,13,15-18H,5-7,10-12H2,1H3. The predicted molar refractivity (Wildman–Crippen MR) is 77.0 cm³/mol. The highest BCUT2D eigenvalue weighted by molar-refractivity contribution is 5.19. The Balaban J connectivity index is 1.90. The van der Waals surface area contributed by atoms with E-state index in [0.717, 1.165) is 5.92 Å². The third kappa shape index (κ3) is 4.60. The van der Waals surface area contributed by atoms with Gasteiger partial charge in [0.05, 0.1) is 12.7 Å². The molecule has 0 aliphatic heterocycles. The van der Waals surface area contributed by atoms with E-state index in [1.54, 1.807) is 7.11 Å². The Labute approximate surface area is 116 Å². The first-order valence-corrected chi connectivity index (χ1v) is 7.25. The molecule has 0 radical (unpaired) electrons. The van der Waals surface area contributed by atoms with Crippen LogP contribution in [0.3, 0.4) is 0 Å². The fourth-order valence-electron chi connectivity index (χ4n) is 2.61. The van der Waals surface area contributed by atoms with Crippen LogP contribution in [0.5, 0.6) is 0 Å². The molecule has 0 bridgehead atoms. The molecule has 0 heterocycles. The van der Waals surface area contributed by atoms with Crippen molar-refractivity contribution in [3.63, 3.8) is 0 Å². The van der Waals surface area contributed by atoms with Crippen molar-refractivity contribution in [2.75, 3.05) is 20.3 Å². The molecule has 0 amide bonds. The highest BCUT2D eigenvalue weighted by Crippen LogP contribution is 2.34. The van der Waals surface area contributed by atoms with Crippen molar-refractivity contribution >= 4 is 0 Å². The van der Waals surface area contributed by atoms with Gasteiger partial charge in [0.1, 0.15) is 0 Å². The van der Waals surface area contributed by atoms with Gasteiger partial charge in [0.2, 0.25) is 0 Å². The number of nitrogens with one attached hydrogen (secondary N) is 1. The summed E-state index contributed by atoms with van der Waals surface area (Å²) in [6.45, 7) is 0.970. The van der Waals surface area contributed by atoms with Crippen molar-refractivity contribution < 1.29 is 9.84 Å². The molecule has 3 nitrogen and oxygen atoms in total. The Hall–Kier alpha value is -0.900. The number of hydrogen-bond donors (Lipinski definition) is 2. The maximum Gasteiger partial charge on any atom is 0.0897 e. The minimum Gasteiger partial charge on any atom is -0.389 e. The average molecular weight is 263 g/mol. The third-order valence-corrected chi connectivity index (χ3v) is 3.95. The first-order valence-electron chi connectivity index (χ1n) is 7.25. The van der Waals surface area contributed by atoms with Crippen molar-refractivity contribution in [3.8, 4) is 0 Å². The average Bonchev–Trinajstić information content (AvgIpc) is 2.38. The number of ether oxygens (including phenoxy) is 1. The molecule has 0 spiro atoms. The molecule has 1 saturated carbocycles. The highest BCUT2D eigenvalue weighted by Gasteiger charge is 2.23. The summed E-state index contributed by atoms with van der Waals surface area (Å²) in [4.78, 5) is 0. The number of aliphatic hydroxyl groups excluding tert-OH is 1. The zero-order valence-corrected chi connectivity index (χ0v) is 11.7. The number of benzene rings is 1. The second-order valence-corrected chi connectivity index (χ2v) is 5.51. The lowest BCUT2D eigenvalue weighted by Gasteiger charge is -2.31. The maximum absolute atomic E-state index is 9.76. The summed E-state index contributed by atoms with van der Waals surface area (Å²) in [7, 11) is 1.62. The van der Waals surface area contributed by atoms with E-state index in [2.05, 4.69) is 29.6 Å². The molecule has 106 valence electrons. The van der Waals surface area contributed by atoms with Crippen LogP contribution in [0.25, 0.3) is 0 Å². The molecule has 1 fully saturated rings. The lowest BCUT2D eigenvalue weighted by atomic mass is 9.79. The van der Waals surface area contributed by atoms with E-state index in [0.29, 0.717) is 19.2 Å². The van der Waals surface area contributed by atoms with Crippen LogP contribution in [0, 0.1) is 5.92 Å². The number of methoxy groups -OCH3 is 1. The second-order valence-electron chi connectivity index (χ2n) is 5.51. The van der Waals surface area contributed by atoms with Crippen molar-refractivity contribution in [3.05, 3.63) is 35.9 Å². The van der Waals surface area contributed by atoms with E-state index in [-0.39, 0.29) is 0 Å². The van der Waals surface area contributed by atoms with Crippen LogP contribution in [0.1, 0.15) is 37.3 Å². The van der Waals surface area contributed by atoms with Gasteiger partial charge >= 0.3 is 0 Å². The molecule has 2 N–H and O–H groups in total. The number of rotatable bonds is 8. The van der Waals surface area contributed by atoms with Crippen LogP contribution in [0.4, 0.5) is 0 Å². The molecule has 2 atom stereocenters. The highest BCUT2D eigenvalue weighted by atomic mass is 16.5. The summed E-state index contributed by atoms with van der Waals surface area (Å²) in [6.07, 6.45) is 4.82. The molecule has 2 rings (SSSR count). The Morgan fingerprint density at radius 3 is 2.63 bits per heavy atom. The molecule has 1 aliphatic rings. The first kappa shape index (κ1) is 14.5. The SMILES string of the molecule is COCC(O)CNC(CC1CCC1)c1ccccc1. The van der Waals surface area contributed by atoms with Gasteiger partial charge in [-0.1, -0.05) is 49.6 Å². The summed E-state index contributed by atoms with van der Waals surface area (Å²) >= 11 is 0. The molecule has 3 heteroatoms. The molecule has 1 aliphatic carbocycles. The van der Waals surface area contributed by atoms with Gasteiger partial charge < -0.3 is 15.2 Å². The monoisotopic (exact) mass is 263 g/mol. The number of aliphatic hydroxyl groups is 1. The van der Waals surface area contributed by atoms with Gasteiger partial charge in [0, 0.05) is 19.7 Å². The molecular weight excluding hydrogens is 238 g/mol. The van der Waals surface area contributed by atoms with Crippen LogP contribution in [0.2, 0.25) is 0 Å². The van der Waals surface area contributed by atoms with E-state index in [1.807, 2.05) is 6.07 Å². The van der Waals surface area contributed by atoms with Crippen LogP contribution < -0.4 is 5.32 Å². The topological polar surface area (TPSA) is 41.5 Å². The van der Waals surface area contributed by atoms with Crippen LogP contribution in [0.15, 0.2) is 30.3 Å². The van der Waals surface area contributed by atoms with Gasteiger partial charge in [-0.3, -0.25) is 0 Å². The minimum atomic E-state index is -0.433. The molecule has 1 aromatic carbocycles. The molecule has 0 saturated heterocycles. The van der Waals surface area contributed by atoms with E-state index >= 15 is 0 Å². The van der Waals surface area contributed by atoms with E-state index in [1.165, 1.54) is 31.2 Å². The number of hydrogen-bond acceptors (Lipinski definition) is 3. The van der Waals surface area contributed by atoms with Crippen molar-refractivity contribution in [1.82, 2.24) is 5.32 Å². The van der Waals surface area contributed by atoms with Crippen LogP contribution in [-0.4, -0.2) is 31.5 Å². The quantitative estimate of drug-likeness (QED) is 0.757. The zero-order chi connectivity index (χ0) is 13.5. The van der Waals surface area contributed by atoms with E-state index in [4.69, 9.17) is 4.74 Å². The zero-order valence-electron chi connectivity index (χ0n) is 11.7. The van der Waals surface area contributed by atoms with Gasteiger partial charge in [0.15, 0.2) is 0 Å². The van der Waals surface area contributed by atoms with Crippen LogP contribution in [-0.2, 0) is 4.74 Å². The maximum atomic E-state index is 9.76. The molecule has 19 heavy (non-hydrogen) atoms. The van der Waals surface area contributed by atoms with Crippen LogP contribution >= 0.6 is 0 Å². The summed E-state index contributed by atoms with van der Waals surface area (Å²) in [5, 5.41) is 13.3. The summed E-state index contributed by atoms with van der Waals surface area (Å²) in [5.74, 6) is 0.845. The second kappa shape index (κ2) is 7.63. The van der Waals surface area contributed by atoms with E-state index < -0.39 is 6.10 Å². The van der Waals surface area contributed by atoms with Gasteiger partial charge in [-0.2, -0.15) is 0 Å². The Morgan fingerprint density at radius 1 is 1.32 bits per heavy atom. The molecular formula is C16H25NO2. The summed E-state index contributed by atoms with van der Waals surface area (Å²) in [5.41, 5.74) is 1.32. The smallest absolute Gasteiger partial charge is 0.0897 e. The minimum absolute atomic E-state index is 0.345. The molecule has 2 unspecified atom stereocenters. The lowest BCUT2D eigenvalue weighted by molar-refractivity contribution is 0.0615. The van der Waals surface area contributed by atoms with Crippen molar-refractivity contribution in [1.29, 1.82) is 0 Å². The van der Waals surface area contributed by atoms with Crippen molar-refractivity contribution in [2.45, 2.75) is 37.8 Å². The summed E-state index contributed by atoms with van der Waals surface area (Å²) < 4.78 is 4.97.